The average molecular weight is 675 g/mol. The van der Waals surface area contributed by atoms with Gasteiger partial charge in [-0.25, -0.2) is 0 Å². The molecule has 2 aliphatic heterocycles. The molecule has 0 spiro atoms. The van der Waals surface area contributed by atoms with Crippen molar-refractivity contribution in [2.75, 3.05) is 22.9 Å². The number of unbranched alkanes of at least 4 members (excludes halogenated alkanes) is 8. The number of anilines is 2. The first-order chi connectivity index (χ1) is 24.0. The Morgan fingerprint density at radius 2 is 0.820 bits per heavy atom. The van der Waals surface area contributed by atoms with Gasteiger partial charge in [-0.3, -0.25) is 19.2 Å². The van der Waals surface area contributed by atoms with E-state index in [0.29, 0.717) is 0 Å². The molecule has 6 heteroatoms. The average Bonchev–Trinajstić information content (AvgIpc) is 3.45. The quantitative estimate of drug-likeness (QED) is 0.137. The molecule has 0 bridgehead atoms. The predicted octanol–water partition coefficient (Wildman–Crippen LogP) is 6.87. The molecule has 0 unspecified atom stereocenters. The lowest BCUT2D eigenvalue weighted by Gasteiger charge is -2.27. The summed E-state index contributed by atoms with van der Waals surface area (Å²) in [5, 5.41) is -0.733. The molecule has 264 valence electrons. The maximum absolute atomic E-state index is 13.5. The second-order valence-electron chi connectivity index (χ2n) is 15.0. The van der Waals surface area contributed by atoms with E-state index in [-0.39, 0.29) is 10.4 Å². The van der Waals surface area contributed by atoms with Crippen molar-refractivity contribution in [1.29, 1.82) is 0 Å². The summed E-state index contributed by atoms with van der Waals surface area (Å²) in [4.78, 5) is 58.6. The highest BCUT2D eigenvalue weighted by molar-refractivity contribution is 5.73. The zero-order valence-electron chi connectivity index (χ0n) is 30.9. The van der Waals surface area contributed by atoms with Gasteiger partial charge in [-0.05, 0) is 60.4 Å². The van der Waals surface area contributed by atoms with Crippen molar-refractivity contribution < 1.29 is 0 Å². The fourth-order valence-corrected chi connectivity index (χ4v) is 7.83. The van der Waals surface area contributed by atoms with Crippen LogP contribution in [0.5, 0.6) is 0 Å². The summed E-state index contributed by atoms with van der Waals surface area (Å²) in [6.07, 6.45) is 17.7. The third kappa shape index (κ3) is 7.12. The Morgan fingerprint density at radius 3 is 1.18 bits per heavy atom. The van der Waals surface area contributed by atoms with Crippen LogP contribution in [0.2, 0.25) is 0 Å². The van der Waals surface area contributed by atoms with E-state index in [9.17, 15) is 19.2 Å². The number of para-hydroxylation sites is 2. The van der Waals surface area contributed by atoms with Gasteiger partial charge < -0.3 is 9.80 Å². The summed E-state index contributed by atoms with van der Waals surface area (Å²) in [7, 11) is 0. The van der Waals surface area contributed by atoms with E-state index in [1.807, 2.05) is 24.3 Å². The number of benzene rings is 3. The lowest BCUT2D eigenvalue weighted by Crippen LogP contribution is -2.64. The van der Waals surface area contributed by atoms with Gasteiger partial charge in [0.25, 0.3) is 0 Å². The summed E-state index contributed by atoms with van der Waals surface area (Å²) in [6, 6.07) is 16.5. The molecule has 50 heavy (non-hydrogen) atoms. The summed E-state index contributed by atoms with van der Waals surface area (Å²) >= 11 is 0. The van der Waals surface area contributed by atoms with E-state index in [4.69, 9.17) is 0 Å². The van der Waals surface area contributed by atoms with Crippen LogP contribution in [0.3, 0.4) is 0 Å². The van der Waals surface area contributed by atoms with Gasteiger partial charge in [0.1, 0.15) is 0 Å². The van der Waals surface area contributed by atoms with E-state index in [1.54, 1.807) is 12.2 Å². The molecule has 0 N–H and O–H groups in total. The van der Waals surface area contributed by atoms with Crippen LogP contribution in [-0.4, -0.2) is 13.1 Å². The summed E-state index contributed by atoms with van der Waals surface area (Å²) in [5.74, 6) is 0. The summed E-state index contributed by atoms with van der Waals surface area (Å²) in [6.45, 7) is 14.5. The van der Waals surface area contributed by atoms with Crippen molar-refractivity contribution in [3.05, 3.63) is 135 Å². The molecule has 0 amide bonds. The fraction of sp³-hybridized carbons (Fsp3) is 0.455. The third-order valence-corrected chi connectivity index (χ3v) is 10.8. The maximum atomic E-state index is 13.5. The molecule has 0 atom stereocenters. The number of hydrogen-bond donors (Lipinski definition) is 0. The van der Waals surface area contributed by atoms with Crippen LogP contribution < -0.4 is 42.0 Å². The number of fused-ring (bicyclic) bond motifs is 2. The maximum Gasteiger partial charge on any atom is 0.237 e. The number of allylic oxidation sites excluding steroid dienone is 4. The minimum Gasteiger partial charge on any atom is -0.344 e. The SMILES string of the molecule is CCCCCCCN1C(=CC=c2c(=O)c(=O)c(=CC=C3N(CCCCCCC)c4ccccc4C3(C)C)c(=O)c2=O)C(C)(C)c2ccccc21. The van der Waals surface area contributed by atoms with Gasteiger partial charge in [0.15, 0.2) is 0 Å². The van der Waals surface area contributed by atoms with Crippen LogP contribution >= 0.6 is 0 Å². The molecule has 0 saturated carbocycles. The Balaban J connectivity index is 1.55. The molecule has 0 aromatic heterocycles. The van der Waals surface area contributed by atoms with Gasteiger partial charge >= 0.3 is 0 Å². The van der Waals surface area contributed by atoms with Crippen LogP contribution in [0, 0.1) is 0 Å². The van der Waals surface area contributed by atoms with Gasteiger partial charge in [-0.1, -0.05) is 129 Å². The molecular weight excluding hydrogens is 620 g/mol. The topological polar surface area (TPSA) is 74.8 Å². The van der Waals surface area contributed by atoms with Gasteiger partial charge in [-0.2, -0.15) is 0 Å². The van der Waals surface area contributed by atoms with E-state index in [1.165, 1.54) is 50.7 Å². The Kier molecular flexibility index (Phi) is 11.6. The minimum atomic E-state index is -0.933. The highest BCUT2D eigenvalue weighted by atomic mass is 16.2. The number of hydrogen-bond acceptors (Lipinski definition) is 6. The lowest BCUT2D eigenvalue weighted by atomic mass is 9.83. The molecule has 0 aliphatic carbocycles. The van der Waals surface area contributed by atoms with Gasteiger partial charge in [-0.15, -0.1) is 0 Å². The Morgan fingerprint density at radius 1 is 0.480 bits per heavy atom. The zero-order valence-corrected chi connectivity index (χ0v) is 30.9. The number of rotatable bonds is 14. The Bertz CT molecular complexity index is 1890. The van der Waals surface area contributed by atoms with Crippen molar-refractivity contribution in [2.24, 2.45) is 0 Å². The highest BCUT2D eigenvalue weighted by Gasteiger charge is 2.40. The third-order valence-electron chi connectivity index (χ3n) is 10.8. The van der Waals surface area contributed by atoms with Crippen molar-refractivity contribution in [1.82, 2.24) is 0 Å². The van der Waals surface area contributed by atoms with E-state index in [0.717, 1.165) is 72.7 Å². The first-order valence-corrected chi connectivity index (χ1v) is 18.7. The van der Waals surface area contributed by atoms with Crippen molar-refractivity contribution >= 4 is 23.5 Å². The molecule has 0 fully saturated rings. The molecule has 0 radical (unpaired) electrons. The molecule has 0 saturated heterocycles. The van der Waals surface area contributed by atoms with Gasteiger partial charge in [0.2, 0.25) is 21.7 Å². The largest absolute Gasteiger partial charge is 0.344 e. The fourth-order valence-electron chi connectivity index (χ4n) is 7.83. The number of nitrogens with zero attached hydrogens (tertiary/aromatic N) is 2. The highest BCUT2D eigenvalue weighted by Crippen LogP contribution is 2.48. The first kappa shape index (κ1) is 36.9. The van der Waals surface area contributed by atoms with E-state index >= 15 is 0 Å². The smallest absolute Gasteiger partial charge is 0.237 e. The molecule has 3 aromatic rings. The van der Waals surface area contributed by atoms with Crippen LogP contribution in [0.1, 0.15) is 117 Å². The molecule has 2 heterocycles. The predicted molar refractivity (Wildman–Crippen MR) is 209 cm³/mol. The van der Waals surface area contributed by atoms with Crippen molar-refractivity contribution in [3.8, 4) is 0 Å². The molecule has 5 rings (SSSR count). The second kappa shape index (κ2) is 15.7. The lowest BCUT2D eigenvalue weighted by molar-refractivity contribution is 0.603. The van der Waals surface area contributed by atoms with Crippen molar-refractivity contribution in [2.45, 2.75) is 117 Å². The standard InChI is InChI=1S/C44H54N2O4/c1-7-9-11-13-19-29-45-35-23-17-15-21-33(35)43(3,4)37(45)27-25-31-39(47)41(49)32(42(50)40(31)48)26-28-38-44(5,6)34-22-16-18-24-36(34)46(38)30-20-14-12-10-8-2/h15-18,21-28H,7-14,19-20,29-30H2,1-6H3. The molecular formula is C44H54N2O4. The van der Waals surface area contributed by atoms with E-state index in [2.05, 4.69) is 75.6 Å². The minimum absolute atomic E-state index is 0.366. The molecule has 2 aliphatic rings. The van der Waals surface area contributed by atoms with Crippen LogP contribution in [0.4, 0.5) is 11.4 Å². The zero-order chi connectivity index (χ0) is 36.1. The van der Waals surface area contributed by atoms with Crippen LogP contribution in [-0.2, 0) is 10.8 Å². The molecule has 6 nitrogen and oxygen atoms in total. The normalized spacial score (nSPS) is 17.4. The van der Waals surface area contributed by atoms with E-state index < -0.39 is 32.5 Å². The molecule has 3 aromatic carbocycles. The van der Waals surface area contributed by atoms with Gasteiger partial charge in [0, 0.05) is 46.7 Å². The second-order valence-corrected chi connectivity index (χ2v) is 15.0. The monoisotopic (exact) mass is 674 g/mol. The first-order valence-electron chi connectivity index (χ1n) is 18.7. The van der Waals surface area contributed by atoms with Crippen molar-refractivity contribution in [3.63, 3.8) is 0 Å². The Hall–Kier alpha value is -4.32. The Labute approximate surface area is 296 Å². The van der Waals surface area contributed by atoms with Gasteiger partial charge in [0.05, 0.1) is 10.4 Å². The summed E-state index contributed by atoms with van der Waals surface area (Å²) < 4.78 is 0. The van der Waals surface area contributed by atoms with Crippen LogP contribution in [0.25, 0.3) is 12.2 Å². The van der Waals surface area contributed by atoms with Crippen LogP contribution in [0.15, 0.2) is 91.3 Å². The summed E-state index contributed by atoms with van der Waals surface area (Å²) in [5.41, 5.74) is 1.90.